The molecule has 0 unspecified atom stereocenters. The van der Waals surface area contributed by atoms with Gasteiger partial charge in [-0.3, -0.25) is 4.79 Å². The third kappa shape index (κ3) is 4.17. The lowest BCUT2D eigenvalue weighted by molar-refractivity contribution is 0.0474. The molecule has 1 aliphatic rings. The van der Waals surface area contributed by atoms with Crippen molar-refractivity contribution in [3.05, 3.63) is 83.4 Å². The Morgan fingerprint density at radius 3 is 2.69 bits per heavy atom. The third-order valence-corrected chi connectivity index (χ3v) is 5.77. The minimum atomic E-state index is -0.562. The number of aromatic nitrogens is 1. The number of Topliss-reactive ketones (excluding diaryl/α,β-unsaturated/α-hetero) is 1. The molecule has 0 amide bonds. The summed E-state index contributed by atoms with van der Waals surface area (Å²) in [5, 5.41) is 0.521. The average Bonchev–Trinajstić information content (AvgIpc) is 3.47. The number of fused-ring (bicyclic) bond motifs is 2. The Balaban J connectivity index is 1.23. The van der Waals surface area contributed by atoms with E-state index in [-0.39, 0.29) is 19.2 Å². The molecule has 0 spiro atoms. The van der Waals surface area contributed by atoms with Crippen molar-refractivity contribution in [1.29, 1.82) is 0 Å². The Bertz CT molecular complexity index is 1280. The molecule has 0 aliphatic carbocycles. The van der Waals surface area contributed by atoms with E-state index < -0.39 is 5.97 Å². The van der Waals surface area contributed by atoms with Crippen LogP contribution in [0.25, 0.3) is 11.1 Å². The van der Waals surface area contributed by atoms with Crippen LogP contribution in [0.1, 0.15) is 26.3 Å². The van der Waals surface area contributed by atoms with Crippen molar-refractivity contribution < 1.29 is 28.2 Å². The summed E-state index contributed by atoms with van der Waals surface area (Å²) in [5.74, 6) is 0.671. The van der Waals surface area contributed by atoms with Crippen molar-refractivity contribution in [3.8, 4) is 11.5 Å². The number of benzene rings is 3. The molecular weight excluding hydrogens is 430 g/mol. The summed E-state index contributed by atoms with van der Waals surface area (Å²) in [5.41, 5.74) is 3.05. The molecule has 1 aliphatic heterocycles. The van der Waals surface area contributed by atoms with Crippen LogP contribution in [-0.2, 0) is 10.5 Å². The van der Waals surface area contributed by atoms with Crippen LogP contribution in [0.2, 0.25) is 0 Å². The summed E-state index contributed by atoms with van der Waals surface area (Å²) in [4.78, 5) is 29.6. The number of hydrogen-bond donors (Lipinski definition) is 0. The topological polar surface area (TPSA) is 87.9 Å². The second-order valence-electron chi connectivity index (χ2n) is 6.96. The number of hydrogen-bond acceptors (Lipinski definition) is 8. The molecule has 2 heterocycles. The smallest absolute Gasteiger partial charge is 0.338 e. The zero-order valence-electron chi connectivity index (χ0n) is 16.8. The highest BCUT2D eigenvalue weighted by molar-refractivity contribution is 7.98. The van der Waals surface area contributed by atoms with Gasteiger partial charge in [0.05, 0.1) is 5.56 Å². The number of nitrogens with zero attached hydrogens (tertiary/aromatic N) is 1. The van der Waals surface area contributed by atoms with Gasteiger partial charge in [-0.1, -0.05) is 42.1 Å². The second kappa shape index (κ2) is 8.76. The molecule has 5 rings (SSSR count). The molecular formula is C24H17NO6S. The third-order valence-electron chi connectivity index (χ3n) is 4.89. The normalized spacial score (nSPS) is 12.1. The molecule has 0 saturated heterocycles. The molecule has 0 bridgehead atoms. The maximum absolute atomic E-state index is 12.7. The lowest BCUT2D eigenvalue weighted by atomic mass is 10.1. The monoisotopic (exact) mass is 447 g/mol. The van der Waals surface area contributed by atoms with E-state index in [9.17, 15) is 9.59 Å². The standard InChI is InChI=1S/C24H17NO6S/c26-19(15-9-10-21-22(11-15)30-14-29-21)12-28-23(27)17-6-2-1-5-16(17)13-32-24-25-18-7-3-4-8-20(18)31-24/h1-11H,12-14H2. The van der Waals surface area contributed by atoms with Crippen LogP contribution in [0.15, 0.2) is 76.4 Å². The molecule has 0 atom stereocenters. The quantitative estimate of drug-likeness (QED) is 0.225. The van der Waals surface area contributed by atoms with Crippen molar-refractivity contribution in [1.82, 2.24) is 4.98 Å². The van der Waals surface area contributed by atoms with Gasteiger partial charge in [0.2, 0.25) is 6.79 Å². The first kappa shape index (κ1) is 20.1. The van der Waals surface area contributed by atoms with Gasteiger partial charge in [-0.15, -0.1) is 0 Å². The highest BCUT2D eigenvalue weighted by Crippen LogP contribution is 2.32. The molecule has 160 valence electrons. The summed E-state index contributed by atoms with van der Waals surface area (Å²) < 4.78 is 21.5. The number of ketones is 1. The Hall–Kier alpha value is -3.78. The molecule has 1 aromatic heterocycles. The Morgan fingerprint density at radius 2 is 1.78 bits per heavy atom. The predicted molar refractivity (Wildman–Crippen MR) is 117 cm³/mol. The number of carbonyl (C=O) groups is 2. The van der Waals surface area contributed by atoms with Gasteiger partial charge in [-0.25, -0.2) is 9.78 Å². The molecule has 32 heavy (non-hydrogen) atoms. The molecule has 0 fully saturated rings. The first-order valence-corrected chi connectivity index (χ1v) is 10.8. The van der Waals surface area contributed by atoms with Gasteiger partial charge in [0, 0.05) is 11.3 Å². The maximum Gasteiger partial charge on any atom is 0.338 e. The number of esters is 1. The zero-order chi connectivity index (χ0) is 21.9. The molecule has 0 saturated carbocycles. The summed E-state index contributed by atoms with van der Waals surface area (Å²) in [6.07, 6.45) is 0. The lowest BCUT2D eigenvalue weighted by Gasteiger charge is -2.09. The van der Waals surface area contributed by atoms with Crippen molar-refractivity contribution in [2.75, 3.05) is 13.4 Å². The van der Waals surface area contributed by atoms with E-state index in [1.165, 1.54) is 11.8 Å². The summed E-state index contributed by atoms with van der Waals surface area (Å²) in [7, 11) is 0. The molecule has 3 aromatic carbocycles. The number of carbonyl (C=O) groups excluding carboxylic acids is 2. The van der Waals surface area contributed by atoms with Gasteiger partial charge in [0.25, 0.3) is 5.22 Å². The van der Waals surface area contributed by atoms with Crippen molar-refractivity contribution in [2.45, 2.75) is 11.0 Å². The highest BCUT2D eigenvalue weighted by Gasteiger charge is 2.19. The van der Waals surface area contributed by atoms with Crippen LogP contribution < -0.4 is 9.47 Å². The van der Waals surface area contributed by atoms with Crippen LogP contribution >= 0.6 is 11.8 Å². The average molecular weight is 447 g/mol. The largest absolute Gasteiger partial charge is 0.454 e. The fraction of sp³-hybridized carbons (Fsp3) is 0.125. The molecule has 8 heteroatoms. The van der Waals surface area contributed by atoms with Crippen LogP contribution in [0.5, 0.6) is 11.5 Å². The van der Waals surface area contributed by atoms with Crippen LogP contribution in [0, 0.1) is 0 Å². The van der Waals surface area contributed by atoms with Gasteiger partial charge < -0.3 is 18.6 Å². The van der Waals surface area contributed by atoms with E-state index in [1.807, 2.05) is 36.4 Å². The summed E-state index contributed by atoms with van der Waals surface area (Å²) in [6, 6.07) is 19.5. The molecule has 0 radical (unpaired) electrons. The van der Waals surface area contributed by atoms with Crippen LogP contribution in [-0.4, -0.2) is 30.1 Å². The first-order valence-electron chi connectivity index (χ1n) is 9.83. The molecule has 0 N–H and O–H groups in total. The van der Waals surface area contributed by atoms with Crippen molar-refractivity contribution in [3.63, 3.8) is 0 Å². The van der Waals surface area contributed by atoms with E-state index in [2.05, 4.69) is 4.98 Å². The number of rotatable bonds is 7. The highest BCUT2D eigenvalue weighted by atomic mass is 32.2. The van der Waals surface area contributed by atoms with Gasteiger partial charge in [0.15, 0.2) is 29.5 Å². The Morgan fingerprint density at radius 1 is 0.969 bits per heavy atom. The number of thioether (sulfide) groups is 1. The predicted octanol–water partition coefficient (Wildman–Crippen LogP) is 4.89. The first-order chi connectivity index (χ1) is 15.7. The van der Waals surface area contributed by atoms with Gasteiger partial charge in [-0.05, 0) is 42.0 Å². The maximum atomic E-state index is 12.7. The summed E-state index contributed by atoms with van der Waals surface area (Å²) >= 11 is 1.39. The Kier molecular flexibility index (Phi) is 5.51. The second-order valence-corrected chi connectivity index (χ2v) is 7.89. The van der Waals surface area contributed by atoms with E-state index >= 15 is 0 Å². The van der Waals surface area contributed by atoms with Crippen LogP contribution in [0.3, 0.4) is 0 Å². The lowest BCUT2D eigenvalue weighted by Crippen LogP contribution is -2.15. The van der Waals surface area contributed by atoms with E-state index in [0.29, 0.717) is 39.2 Å². The number of oxazole rings is 1. The number of para-hydroxylation sites is 2. The van der Waals surface area contributed by atoms with Gasteiger partial charge in [-0.2, -0.15) is 0 Å². The van der Waals surface area contributed by atoms with E-state index in [1.54, 1.807) is 30.3 Å². The van der Waals surface area contributed by atoms with Gasteiger partial charge >= 0.3 is 5.97 Å². The Labute approximate surface area is 187 Å². The zero-order valence-corrected chi connectivity index (χ0v) is 17.6. The van der Waals surface area contributed by atoms with E-state index in [0.717, 1.165) is 11.1 Å². The van der Waals surface area contributed by atoms with Crippen molar-refractivity contribution in [2.24, 2.45) is 0 Å². The SMILES string of the molecule is O=C(COC(=O)c1ccccc1CSc1nc2ccccc2o1)c1ccc2c(c1)OCO2. The minimum Gasteiger partial charge on any atom is -0.454 e. The molecule has 7 nitrogen and oxygen atoms in total. The number of ether oxygens (including phenoxy) is 3. The minimum absolute atomic E-state index is 0.125. The fourth-order valence-corrected chi connectivity index (χ4v) is 4.10. The van der Waals surface area contributed by atoms with Gasteiger partial charge in [0.1, 0.15) is 5.52 Å². The van der Waals surface area contributed by atoms with Crippen LogP contribution in [0.4, 0.5) is 0 Å². The molecule has 4 aromatic rings. The summed E-state index contributed by atoms with van der Waals surface area (Å²) in [6.45, 7) is -0.245. The van der Waals surface area contributed by atoms with Crippen molar-refractivity contribution >= 4 is 34.6 Å². The fourth-order valence-electron chi connectivity index (χ4n) is 3.26. The van der Waals surface area contributed by atoms with E-state index in [4.69, 9.17) is 18.6 Å².